The van der Waals surface area contributed by atoms with Gasteiger partial charge in [-0.1, -0.05) is 60.7 Å². The highest BCUT2D eigenvalue weighted by atomic mass is 16.1. The molecule has 1 heterocycles. The van der Waals surface area contributed by atoms with E-state index < -0.39 is 5.56 Å². The molecule has 0 saturated heterocycles. The Morgan fingerprint density at radius 3 is 2.27 bits per heavy atom. The average Bonchev–Trinajstić information content (AvgIpc) is 2.58. The first-order valence-electron chi connectivity index (χ1n) is 6.84. The summed E-state index contributed by atoms with van der Waals surface area (Å²) in [4.78, 5) is 12.3. The van der Waals surface area contributed by atoms with E-state index in [9.17, 15) is 4.79 Å². The second-order valence-corrected chi connectivity index (χ2v) is 4.75. The van der Waals surface area contributed by atoms with Crippen molar-refractivity contribution in [3.8, 4) is 11.3 Å². The van der Waals surface area contributed by atoms with Gasteiger partial charge in [0.15, 0.2) is 5.69 Å². The van der Waals surface area contributed by atoms with Crippen LogP contribution in [0.5, 0.6) is 0 Å². The summed E-state index contributed by atoms with van der Waals surface area (Å²) in [5.74, 6) is 6.05. The second-order valence-electron chi connectivity index (χ2n) is 4.75. The molecule has 6 nitrogen and oxygen atoms in total. The van der Waals surface area contributed by atoms with Crippen molar-refractivity contribution < 1.29 is 0 Å². The van der Waals surface area contributed by atoms with Crippen molar-refractivity contribution in [2.24, 2.45) is 0 Å². The number of nitrogens with two attached hydrogens (primary N) is 1. The molecule has 3 rings (SSSR count). The van der Waals surface area contributed by atoms with Gasteiger partial charge in [-0.15, -0.1) is 10.2 Å². The molecule has 0 fully saturated rings. The average molecular weight is 293 g/mol. The predicted molar refractivity (Wildman–Crippen MR) is 85.6 cm³/mol. The Morgan fingerprint density at radius 1 is 0.955 bits per heavy atom. The van der Waals surface area contributed by atoms with Crippen molar-refractivity contribution in [2.45, 2.75) is 6.54 Å². The predicted octanol–water partition coefficient (Wildman–Crippen LogP) is 1.63. The van der Waals surface area contributed by atoms with Crippen LogP contribution in [0.25, 0.3) is 11.3 Å². The third-order valence-electron chi connectivity index (χ3n) is 3.23. The number of aromatic nitrogens is 3. The molecule has 0 atom stereocenters. The van der Waals surface area contributed by atoms with Crippen LogP contribution in [-0.2, 0) is 6.54 Å². The summed E-state index contributed by atoms with van der Waals surface area (Å²) < 4.78 is 0.984. The maximum absolute atomic E-state index is 12.3. The van der Waals surface area contributed by atoms with E-state index in [0.29, 0.717) is 12.1 Å². The molecule has 0 saturated carbocycles. The highest BCUT2D eigenvalue weighted by molar-refractivity contribution is 5.57. The molecule has 0 bridgehead atoms. The third kappa shape index (κ3) is 2.80. The molecule has 22 heavy (non-hydrogen) atoms. The Labute approximate surface area is 127 Å². The number of hydrogen-bond acceptors (Lipinski definition) is 5. The highest BCUT2D eigenvalue weighted by Gasteiger charge is 2.11. The minimum atomic E-state index is -0.392. The first kappa shape index (κ1) is 13.8. The molecule has 3 aromatic rings. The smallest absolute Gasteiger partial charge is 0.300 e. The summed E-state index contributed by atoms with van der Waals surface area (Å²) >= 11 is 0. The quantitative estimate of drug-likeness (QED) is 0.714. The largest absolute Gasteiger partial charge is 0.349 e. The third-order valence-corrected chi connectivity index (χ3v) is 3.23. The van der Waals surface area contributed by atoms with Crippen LogP contribution in [0, 0.1) is 0 Å². The first-order chi connectivity index (χ1) is 10.8. The van der Waals surface area contributed by atoms with Gasteiger partial charge in [-0.3, -0.25) is 4.79 Å². The van der Waals surface area contributed by atoms with Gasteiger partial charge >= 0.3 is 0 Å². The SMILES string of the molecule is Nn1c(NCc2ccccc2)nnc(-c2ccccc2)c1=O. The fourth-order valence-corrected chi connectivity index (χ4v) is 2.07. The zero-order chi connectivity index (χ0) is 15.4. The molecular weight excluding hydrogens is 278 g/mol. The summed E-state index contributed by atoms with van der Waals surface area (Å²) in [5.41, 5.74) is 1.59. The van der Waals surface area contributed by atoms with Gasteiger partial charge in [-0.05, 0) is 5.56 Å². The maximum Gasteiger partial charge on any atom is 0.300 e. The van der Waals surface area contributed by atoms with Gasteiger partial charge in [-0.25, -0.2) is 0 Å². The van der Waals surface area contributed by atoms with Crippen LogP contribution in [0.15, 0.2) is 65.5 Å². The number of hydrogen-bond donors (Lipinski definition) is 2. The van der Waals surface area contributed by atoms with Gasteiger partial charge in [0.05, 0.1) is 0 Å². The van der Waals surface area contributed by atoms with Gasteiger partial charge < -0.3 is 11.2 Å². The van der Waals surface area contributed by atoms with E-state index in [-0.39, 0.29) is 11.6 Å². The molecule has 6 heteroatoms. The van der Waals surface area contributed by atoms with Crippen LogP contribution in [0.4, 0.5) is 5.95 Å². The minimum absolute atomic E-state index is 0.230. The maximum atomic E-state index is 12.3. The highest BCUT2D eigenvalue weighted by Crippen LogP contribution is 2.11. The number of nitrogen functional groups attached to an aromatic ring is 1. The molecular formula is C16H15N5O. The van der Waals surface area contributed by atoms with Crippen LogP contribution in [0.1, 0.15) is 5.56 Å². The van der Waals surface area contributed by atoms with E-state index in [1.807, 2.05) is 48.5 Å². The van der Waals surface area contributed by atoms with E-state index in [4.69, 9.17) is 5.84 Å². The van der Waals surface area contributed by atoms with E-state index in [1.54, 1.807) is 12.1 Å². The molecule has 0 radical (unpaired) electrons. The summed E-state index contributed by atoms with van der Waals surface area (Å²) in [6.45, 7) is 0.511. The Morgan fingerprint density at radius 2 is 1.59 bits per heavy atom. The van der Waals surface area contributed by atoms with E-state index in [0.717, 1.165) is 10.2 Å². The molecule has 0 spiro atoms. The normalized spacial score (nSPS) is 10.4. The second kappa shape index (κ2) is 6.09. The Kier molecular flexibility index (Phi) is 3.82. The van der Waals surface area contributed by atoms with Gasteiger partial charge in [0, 0.05) is 12.1 Å². The molecule has 110 valence electrons. The Hall–Kier alpha value is -3.15. The fraction of sp³-hybridized carbons (Fsp3) is 0.0625. The van der Waals surface area contributed by atoms with Gasteiger partial charge in [0.1, 0.15) is 0 Å². The lowest BCUT2D eigenvalue weighted by Crippen LogP contribution is -2.33. The molecule has 2 aromatic carbocycles. The van der Waals surface area contributed by atoms with Crippen molar-refractivity contribution in [2.75, 3.05) is 11.2 Å². The van der Waals surface area contributed by atoms with Crippen molar-refractivity contribution in [1.29, 1.82) is 0 Å². The Bertz CT molecular complexity index is 815. The summed E-state index contributed by atoms with van der Waals surface area (Å²) in [5, 5.41) is 11.0. The van der Waals surface area contributed by atoms with Crippen LogP contribution < -0.4 is 16.7 Å². The van der Waals surface area contributed by atoms with Crippen molar-refractivity contribution in [1.82, 2.24) is 14.9 Å². The van der Waals surface area contributed by atoms with Gasteiger partial charge in [-0.2, -0.15) is 4.68 Å². The van der Waals surface area contributed by atoms with Crippen molar-refractivity contribution >= 4 is 5.95 Å². The standard InChI is InChI=1S/C16H15N5O/c17-21-15(22)14(13-9-5-2-6-10-13)19-20-16(21)18-11-12-7-3-1-4-8-12/h1-10H,11,17H2,(H,18,20). The zero-order valence-electron chi connectivity index (χ0n) is 11.8. The van der Waals surface area contributed by atoms with Crippen molar-refractivity contribution in [3.05, 3.63) is 76.6 Å². The van der Waals surface area contributed by atoms with Crippen LogP contribution in [0.3, 0.4) is 0 Å². The minimum Gasteiger partial charge on any atom is -0.349 e. The van der Waals surface area contributed by atoms with E-state index in [1.165, 1.54) is 0 Å². The van der Waals surface area contributed by atoms with E-state index >= 15 is 0 Å². The lowest BCUT2D eigenvalue weighted by Gasteiger charge is -2.10. The summed E-state index contributed by atoms with van der Waals surface area (Å²) in [6, 6.07) is 18.9. The molecule has 1 aromatic heterocycles. The number of benzene rings is 2. The van der Waals surface area contributed by atoms with Crippen LogP contribution in [-0.4, -0.2) is 14.9 Å². The number of anilines is 1. The van der Waals surface area contributed by atoms with Crippen LogP contribution in [0.2, 0.25) is 0 Å². The topological polar surface area (TPSA) is 85.8 Å². The number of nitrogens with zero attached hydrogens (tertiary/aromatic N) is 3. The van der Waals surface area contributed by atoms with Gasteiger partial charge in [0.2, 0.25) is 5.95 Å². The summed E-state index contributed by atoms with van der Waals surface area (Å²) in [6.07, 6.45) is 0. The zero-order valence-corrected chi connectivity index (χ0v) is 11.8. The molecule has 0 aliphatic carbocycles. The Balaban J connectivity index is 1.86. The lowest BCUT2D eigenvalue weighted by molar-refractivity contribution is 0.824. The molecule has 0 amide bonds. The molecule has 3 N–H and O–H groups in total. The molecule has 0 aliphatic heterocycles. The molecule has 0 aliphatic rings. The first-order valence-corrected chi connectivity index (χ1v) is 6.84. The number of nitrogens with one attached hydrogen (secondary N) is 1. The summed E-state index contributed by atoms with van der Waals surface area (Å²) in [7, 11) is 0. The van der Waals surface area contributed by atoms with Crippen molar-refractivity contribution in [3.63, 3.8) is 0 Å². The van der Waals surface area contributed by atoms with E-state index in [2.05, 4.69) is 15.5 Å². The molecule has 0 unspecified atom stereocenters. The number of rotatable bonds is 4. The lowest BCUT2D eigenvalue weighted by atomic mass is 10.2. The van der Waals surface area contributed by atoms with Gasteiger partial charge in [0.25, 0.3) is 5.56 Å². The monoisotopic (exact) mass is 293 g/mol. The fourth-order valence-electron chi connectivity index (χ4n) is 2.07. The van der Waals surface area contributed by atoms with Crippen LogP contribution >= 0.6 is 0 Å².